The van der Waals surface area contributed by atoms with Gasteiger partial charge in [0.1, 0.15) is 5.75 Å². The van der Waals surface area contributed by atoms with Crippen molar-refractivity contribution in [1.29, 1.82) is 0 Å². The third-order valence-electron chi connectivity index (χ3n) is 2.40. The van der Waals surface area contributed by atoms with Gasteiger partial charge in [-0.15, -0.1) is 0 Å². The highest BCUT2D eigenvalue weighted by Crippen LogP contribution is 2.25. The van der Waals surface area contributed by atoms with Crippen LogP contribution in [0.5, 0.6) is 5.75 Å². The second kappa shape index (κ2) is 7.49. The Balaban J connectivity index is 2.78. The zero-order valence-corrected chi connectivity index (χ0v) is 11.9. The minimum Gasteiger partial charge on any atom is -0.479 e. The average molecular weight is 291 g/mol. The quantitative estimate of drug-likeness (QED) is 0.740. The molecule has 1 rings (SSSR count). The van der Waals surface area contributed by atoms with Crippen LogP contribution in [0.3, 0.4) is 0 Å². The van der Waals surface area contributed by atoms with Crippen LogP contribution in [0.4, 0.5) is 0 Å². The van der Waals surface area contributed by atoms with Gasteiger partial charge in [0.05, 0.1) is 7.11 Å². The van der Waals surface area contributed by atoms with Gasteiger partial charge < -0.3 is 9.47 Å². The number of hydrogen-bond donors (Lipinski definition) is 0. The zero-order chi connectivity index (χ0) is 13.5. The molecule has 1 unspecified atom stereocenters. The van der Waals surface area contributed by atoms with Gasteiger partial charge in [0.15, 0.2) is 6.10 Å². The topological polar surface area (TPSA) is 35.5 Å². The van der Waals surface area contributed by atoms with Gasteiger partial charge in [-0.3, -0.25) is 0 Å². The maximum atomic E-state index is 11.6. The predicted molar refractivity (Wildman–Crippen MR) is 72.4 cm³/mol. The number of methoxy groups -OCH3 is 1. The largest absolute Gasteiger partial charge is 0.479 e. The number of esters is 1. The highest BCUT2D eigenvalue weighted by atomic mass is 35.5. The fourth-order valence-corrected chi connectivity index (χ4v) is 2.01. The molecule has 5 heteroatoms. The number of halogens is 2. The Morgan fingerprint density at radius 2 is 1.89 bits per heavy atom. The molecule has 0 N–H and O–H groups in total. The number of carbonyl (C=O) groups is 1. The van der Waals surface area contributed by atoms with Crippen molar-refractivity contribution in [2.45, 2.75) is 32.3 Å². The van der Waals surface area contributed by atoms with Crippen LogP contribution in [0.15, 0.2) is 18.2 Å². The molecule has 0 bridgehead atoms. The van der Waals surface area contributed by atoms with Crippen LogP contribution in [0.25, 0.3) is 0 Å². The van der Waals surface area contributed by atoms with Gasteiger partial charge in [-0.2, -0.15) is 0 Å². The normalized spacial score (nSPS) is 12.0. The Morgan fingerprint density at radius 1 is 1.28 bits per heavy atom. The van der Waals surface area contributed by atoms with Crippen molar-refractivity contribution in [2.24, 2.45) is 0 Å². The van der Waals surface area contributed by atoms with Crippen molar-refractivity contribution in [2.75, 3.05) is 7.11 Å². The summed E-state index contributed by atoms with van der Waals surface area (Å²) >= 11 is 11.7. The van der Waals surface area contributed by atoms with E-state index in [9.17, 15) is 4.79 Å². The van der Waals surface area contributed by atoms with Crippen molar-refractivity contribution < 1.29 is 14.3 Å². The van der Waals surface area contributed by atoms with Crippen LogP contribution in [-0.2, 0) is 9.53 Å². The summed E-state index contributed by atoms with van der Waals surface area (Å²) in [5.41, 5.74) is 0. The molecule has 0 aromatic heterocycles. The standard InChI is InChI=1S/C13H16Cl2O3/c1-3-4-5-12(13(16)17-2)18-11-7-9(14)6-10(15)8-11/h6-8,12H,3-5H2,1-2H3. The molecule has 0 spiro atoms. The molecule has 0 fully saturated rings. The van der Waals surface area contributed by atoms with E-state index in [2.05, 4.69) is 0 Å². The molecule has 0 saturated heterocycles. The lowest BCUT2D eigenvalue weighted by atomic mass is 10.1. The number of carbonyl (C=O) groups excluding carboxylic acids is 1. The van der Waals surface area contributed by atoms with Gasteiger partial charge in [0, 0.05) is 10.0 Å². The summed E-state index contributed by atoms with van der Waals surface area (Å²) in [4.78, 5) is 11.6. The lowest BCUT2D eigenvalue weighted by Crippen LogP contribution is -2.28. The van der Waals surface area contributed by atoms with Gasteiger partial charge in [-0.25, -0.2) is 4.79 Å². The number of ether oxygens (including phenoxy) is 2. The monoisotopic (exact) mass is 290 g/mol. The van der Waals surface area contributed by atoms with Crippen LogP contribution < -0.4 is 4.74 Å². The summed E-state index contributed by atoms with van der Waals surface area (Å²) in [6, 6.07) is 4.85. The lowest BCUT2D eigenvalue weighted by Gasteiger charge is -2.17. The van der Waals surface area contributed by atoms with Gasteiger partial charge in [0.2, 0.25) is 0 Å². The van der Waals surface area contributed by atoms with E-state index in [0.29, 0.717) is 22.2 Å². The third-order valence-corrected chi connectivity index (χ3v) is 2.83. The van der Waals surface area contributed by atoms with Crippen LogP contribution in [-0.4, -0.2) is 19.2 Å². The average Bonchev–Trinajstić information content (AvgIpc) is 2.32. The van der Waals surface area contributed by atoms with Crippen LogP contribution in [0, 0.1) is 0 Å². The maximum Gasteiger partial charge on any atom is 0.347 e. The van der Waals surface area contributed by atoms with Crippen molar-refractivity contribution in [1.82, 2.24) is 0 Å². The molecular formula is C13H16Cl2O3. The highest BCUT2D eigenvalue weighted by molar-refractivity contribution is 6.34. The Kier molecular flexibility index (Phi) is 6.30. The lowest BCUT2D eigenvalue weighted by molar-refractivity contribution is -0.149. The second-order valence-corrected chi connectivity index (χ2v) is 4.75. The van der Waals surface area contributed by atoms with E-state index in [1.54, 1.807) is 18.2 Å². The van der Waals surface area contributed by atoms with E-state index in [0.717, 1.165) is 12.8 Å². The maximum absolute atomic E-state index is 11.6. The predicted octanol–water partition coefficient (Wildman–Crippen LogP) is 4.10. The summed E-state index contributed by atoms with van der Waals surface area (Å²) < 4.78 is 10.3. The van der Waals surface area contributed by atoms with Crippen molar-refractivity contribution in [3.05, 3.63) is 28.2 Å². The third kappa shape index (κ3) is 4.75. The van der Waals surface area contributed by atoms with Gasteiger partial charge in [0.25, 0.3) is 0 Å². The summed E-state index contributed by atoms with van der Waals surface area (Å²) in [7, 11) is 1.34. The van der Waals surface area contributed by atoms with E-state index in [-0.39, 0.29) is 5.97 Å². The molecule has 0 saturated carbocycles. The summed E-state index contributed by atoms with van der Waals surface area (Å²) in [6.45, 7) is 2.05. The molecule has 0 aliphatic heterocycles. The molecule has 3 nitrogen and oxygen atoms in total. The molecule has 18 heavy (non-hydrogen) atoms. The first kappa shape index (κ1) is 15.1. The van der Waals surface area contributed by atoms with Crippen molar-refractivity contribution in [3.8, 4) is 5.75 Å². The zero-order valence-electron chi connectivity index (χ0n) is 10.4. The first-order valence-electron chi connectivity index (χ1n) is 5.77. The van der Waals surface area contributed by atoms with E-state index in [1.165, 1.54) is 7.11 Å². The van der Waals surface area contributed by atoms with Gasteiger partial charge in [-0.05, 0) is 31.0 Å². The van der Waals surface area contributed by atoms with E-state index >= 15 is 0 Å². The summed E-state index contributed by atoms with van der Waals surface area (Å²) in [6.07, 6.45) is 1.85. The fourth-order valence-electron chi connectivity index (χ4n) is 1.51. The van der Waals surface area contributed by atoms with Gasteiger partial charge >= 0.3 is 5.97 Å². The molecule has 0 aliphatic rings. The van der Waals surface area contributed by atoms with Crippen LogP contribution in [0.2, 0.25) is 10.0 Å². The number of rotatable bonds is 6. The molecule has 0 radical (unpaired) electrons. The number of benzene rings is 1. The minimum absolute atomic E-state index is 0.389. The number of unbranched alkanes of at least 4 members (excludes halogenated alkanes) is 1. The van der Waals surface area contributed by atoms with Crippen molar-refractivity contribution >= 4 is 29.2 Å². The molecule has 0 amide bonds. The molecule has 0 aliphatic carbocycles. The smallest absolute Gasteiger partial charge is 0.347 e. The number of hydrogen-bond acceptors (Lipinski definition) is 3. The van der Waals surface area contributed by atoms with Crippen LogP contribution >= 0.6 is 23.2 Å². The molecule has 0 heterocycles. The second-order valence-electron chi connectivity index (χ2n) is 3.88. The van der Waals surface area contributed by atoms with E-state index < -0.39 is 6.10 Å². The van der Waals surface area contributed by atoms with Crippen LogP contribution in [0.1, 0.15) is 26.2 Å². The Labute approximate surface area is 117 Å². The summed E-state index contributed by atoms with van der Waals surface area (Å²) in [5.74, 6) is 0.0820. The van der Waals surface area contributed by atoms with E-state index in [4.69, 9.17) is 32.7 Å². The van der Waals surface area contributed by atoms with Gasteiger partial charge in [-0.1, -0.05) is 36.5 Å². The Morgan fingerprint density at radius 3 is 2.39 bits per heavy atom. The summed E-state index contributed by atoms with van der Waals surface area (Å²) in [5, 5.41) is 0.938. The Bertz CT molecular complexity index is 387. The molecule has 1 atom stereocenters. The fraction of sp³-hybridized carbons (Fsp3) is 0.462. The Hall–Kier alpha value is -0.930. The first-order valence-corrected chi connectivity index (χ1v) is 6.53. The minimum atomic E-state index is -0.621. The van der Waals surface area contributed by atoms with Crippen molar-refractivity contribution in [3.63, 3.8) is 0 Å². The molecule has 1 aromatic rings. The molecule has 100 valence electrons. The van der Waals surface area contributed by atoms with E-state index in [1.807, 2.05) is 6.92 Å². The molecule has 1 aromatic carbocycles. The first-order chi connectivity index (χ1) is 8.56. The SMILES string of the molecule is CCCCC(Oc1cc(Cl)cc(Cl)c1)C(=O)OC. The molecular weight excluding hydrogens is 275 g/mol. The highest BCUT2D eigenvalue weighted by Gasteiger charge is 2.20.